The van der Waals surface area contributed by atoms with Gasteiger partial charge in [-0.15, -0.1) is 0 Å². The fraction of sp³-hybridized carbons (Fsp3) is 0.625. The monoisotopic (exact) mass is 501 g/mol. The third-order valence-electron chi connectivity index (χ3n) is 6.11. The van der Waals surface area contributed by atoms with Crippen LogP contribution in [0.5, 0.6) is 5.75 Å². The zero-order valence-electron chi connectivity index (χ0n) is 20.6. The molecule has 11 heteroatoms. The van der Waals surface area contributed by atoms with Crippen LogP contribution in [-0.4, -0.2) is 71.8 Å². The summed E-state index contributed by atoms with van der Waals surface area (Å²) in [6.45, 7) is 6.64. The normalized spacial score (nSPS) is 18.8. The lowest BCUT2D eigenvalue weighted by atomic mass is 9.97. The maximum Gasteiger partial charge on any atom is 0.416 e. The molecule has 1 saturated heterocycles. The summed E-state index contributed by atoms with van der Waals surface area (Å²) < 4.78 is 44.3. The summed E-state index contributed by atoms with van der Waals surface area (Å²) >= 11 is 0. The smallest absolute Gasteiger partial charge is 0.416 e. The molecule has 4 atom stereocenters. The fourth-order valence-electron chi connectivity index (χ4n) is 4.04. The summed E-state index contributed by atoms with van der Waals surface area (Å²) in [4.78, 5) is 40.3. The molecular weight excluding hydrogens is 467 g/mol. The molecule has 1 heterocycles. The highest BCUT2D eigenvalue weighted by Gasteiger charge is 2.46. The van der Waals surface area contributed by atoms with Crippen molar-refractivity contribution in [2.75, 3.05) is 13.7 Å². The van der Waals surface area contributed by atoms with E-state index in [0.29, 0.717) is 17.7 Å². The van der Waals surface area contributed by atoms with Gasteiger partial charge in [-0.2, -0.15) is 13.2 Å². The van der Waals surface area contributed by atoms with Crippen molar-refractivity contribution in [1.29, 1.82) is 0 Å². The number of carbonyl (C=O) groups excluding carboxylic acids is 3. The van der Waals surface area contributed by atoms with E-state index < -0.39 is 54.0 Å². The number of amides is 3. The van der Waals surface area contributed by atoms with E-state index in [9.17, 15) is 32.7 Å². The number of nitrogens with one attached hydrogen (secondary N) is 2. The van der Waals surface area contributed by atoms with Gasteiger partial charge < -0.3 is 25.4 Å². The Morgan fingerprint density at radius 3 is 2.14 bits per heavy atom. The van der Waals surface area contributed by atoms with Crippen LogP contribution in [0.2, 0.25) is 0 Å². The Hall–Kier alpha value is -2.82. The third kappa shape index (κ3) is 7.09. The van der Waals surface area contributed by atoms with Crippen LogP contribution >= 0.6 is 0 Å². The molecule has 2 rings (SSSR count). The van der Waals surface area contributed by atoms with Gasteiger partial charge in [0.15, 0.2) is 6.10 Å². The highest BCUT2D eigenvalue weighted by Crippen LogP contribution is 2.27. The molecule has 0 aliphatic carbocycles. The van der Waals surface area contributed by atoms with Gasteiger partial charge in [0.25, 0.3) is 5.91 Å². The second-order valence-electron chi connectivity index (χ2n) is 9.38. The van der Waals surface area contributed by atoms with E-state index in [1.165, 1.54) is 25.9 Å². The predicted octanol–water partition coefficient (Wildman–Crippen LogP) is 2.50. The molecule has 8 nitrogen and oxygen atoms in total. The largest absolute Gasteiger partial charge is 0.497 e. The first-order chi connectivity index (χ1) is 16.3. The fourth-order valence-corrected chi connectivity index (χ4v) is 4.04. The van der Waals surface area contributed by atoms with Gasteiger partial charge in [-0.05, 0) is 48.9 Å². The lowest BCUT2D eigenvalue weighted by molar-refractivity contribution is -0.215. The molecule has 0 aromatic heterocycles. The number of methoxy groups -OCH3 is 1. The predicted molar refractivity (Wildman–Crippen MR) is 123 cm³/mol. The number of ether oxygens (including phenoxy) is 1. The van der Waals surface area contributed by atoms with Crippen LogP contribution in [0.3, 0.4) is 0 Å². The molecule has 1 fully saturated rings. The first-order valence-corrected chi connectivity index (χ1v) is 11.6. The van der Waals surface area contributed by atoms with Crippen molar-refractivity contribution in [3.8, 4) is 5.75 Å². The number of aliphatic hydroxyl groups is 1. The van der Waals surface area contributed by atoms with Crippen LogP contribution in [0.1, 0.15) is 50.9 Å². The average Bonchev–Trinajstić information content (AvgIpc) is 3.29. The van der Waals surface area contributed by atoms with E-state index in [1.807, 2.05) is 0 Å². The quantitative estimate of drug-likeness (QED) is 0.482. The van der Waals surface area contributed by atoms with Crippen molar-refractivity contribution in [2.45, 2.75) is 70.9 Å². The number of hydrogen-bond acceptors (Lipinski definition) is 5. The molecule has 0 bridgehead atoms. The van der Waals surface area contributed by atoms with Crippen LogP contribution in [0.25, 0.3) is 0 Å². The number of rotatable bonds is 9. The van der Waals surface area contributed by atoms with Gasteiger partial charge in [-0.25, -0.2) is 0 Å². The van der Waals surface area contributed by atoms with E-state index >= 15 is 0 Å². The summed E-state index contributed by atoms with van der Waals surface area (Å²) in [7, 11) is 1.50. The number of hydrogen-bond donors (Lipinski definition) is 3. The van der Waals surface area contributed by atoms with E-state index in [-0.39, 0.29) is 18.9 Å². The maximum absolute atomic E-state index is 13.4. The summed E-state index contributed by atoms with van der Waals surface area (Å²) in [5.41, 5.74) is 0.320. The molecule has 3 N–H and O–H groups in total. The summed E-state index contributed by atoms with van der Waals surface area (Å²) in [5.74, 6) is -2.18. The number of benzene rings is 1. The van der Waals surface area contributed by atoms with Gasteiger partial charge in [-0.3, -0.25) is 14.4 Å². The SMILES string of the molecule is COc1ccc(C(=O)NC(C(=O)N2CCC[C@H]2C(=O)N[C@@H](C(C)C)C(O)C(F)(F)F)C(C)C)cc1. The number of halogens is 3. The number of likely N-dealkylation sites (tertiary alicyclic amines) is 1. The van der Waals surface area contributed by atoms with Crippen LogP contribution in [0.15, 0.2) is 24.3 Å². The number of carbonyl (C=O) groups is 3. The Morgan fingerprint density at radius 2 is 1.66 bits per heavy atom. The Balaban J connectivity index is 2.16. The molecule has 1 aliphatic heterocycles. The average molecular weight is 502 g/mol. The minimum Gasteiger partial charge on any atom is -0.497 e. The molecule has 1 aromatic rings. The molecule has 3 amide bonds. The van der Waals surface area contributed by atoms with Crippen molar-refractivity contribution in [3.05, 3.63) is 29.8 Å². The molecule has 0 saturated carbocycles. The van der Waals surface area contributed by atoms with Crippen LogP contribution in [0, 0.1) is 11.8 Å². The van der Waals surface area contributed by atoms with Gasteiger partial charge in [0.2, 0.25) is 11.8 Å². The van der Waals surface area contributed by atoms with Crippen molar-refractivity contribution in [2.24, 2.45) is 11.8 Å². The lowest BCUT2D eigenvalue weighted by Crippen LogP contribution is -2.59. The van der Waals surface area contributed by atoms with Gasteiger partial charge in [-0.1, -0.05) is 27.7 Å². The van der Waals surface area contributed by atoms with Gasteiger partial charge in [0.1, 0.15) is 17.8 Å². The van der Waals surface area contributed by atoms with Gasteiger partial charge in [0.05, 0.1) is 13.2 Å². The van der Waals surface area contributed by atoms with E-state index in [0.717, 1.165) is 0 Å². The van der Waals surface area contributed by atoms with Crippen molar-refractivity contribution < 1.29 is 37.4 Å². The topological polar surface area (TPSA) is 108 Å². The van der Waals surface area contributed by atoms with Gasteiger partial charge >= 0.3 is 6.18 Å². The van der Waals surface area contributed by atoms with E-state index in [4.69, 9.17) is 4.74 Å². The Morgan fingerprint density at radius 1 is 1.06 bits per heavy atom. The molecule has 196 valence electrons. The first kappa shape index (κ1) is 28.4. The number of nitrogens with zero attached hydrogens (tertiary/aromatic N) is 1. The maximum atomic E-state index is 13.4. The van der Waals surface area contributed by atoms with Crippen molar-refractivity contribution in [3.63, 3.8) is 0 Å². The van der Waals surface area contributed by atoms with E-state index in [1.54, 1.807) is 38.1 Å². The van der Waals surface area contributed by atoms with Crippen molar-refractivity contribution >= 4 is 17.7 Å². The zero-order chi connectivity index (χ0) is 26.5. The number of aliphatic hydroxyl groups excluding tert-OH is 1. The highest BCUT2D eigenvalue weighted by molar-refractivity contribution is 5.98. The molecule has 1 aliphatic rings. The molecule has 0 radical (unpaired) electrons. The molecular formula is C24H34F3N3O5. The van der Waals surface area contributed by atoms with Crippen molar-refractivity contribution in [1.82, 2.24) is 15.5 Å². The molecule has 0 spiro atoms. The van der Waals surface area contributed by atoms with Gasteiger partial charge in [0, 0.05) is 12.1 Å². The molecule has 35 heavy (non-hydrogen) atoms. The standard InChI is InChI=1S/C24H34F3N3O5/c1-13(2)18(20(31)24(25,26)27)28-22(33)17-7-6-12-30(17)23(34)19(14(3)4)29-21(32)15-8-10-16(35-5)11-9-15/h8-11,13-14,17-20,31H,6-7,12H2,1-5H3,(H,28,33)(H,29,32)/t17-,18-,19?,20?/m0/s1. The Labute approximate surface area is 203 Å². The van der Waals surface area contributed by atoms with Crippen LogP contribution in [0.4, 0.5) is 13.2 Å². The summed E-state index contributed by atoms with van der Waals surface area (Å²) in [5, 5.41) is 14.7. The summed E-state index contributed by atoms with van der Waals surface area (Å²) in [6, 6.07) is 2.84. The second kappa shape index (κ2) is 11.7. The third-order valence-corrected chi connectivity index (χ3v) is 6.11. The number of alkyl halides is 3. The zero-order valence-corrected chi connectivity index (χ0v) is 20.6. The highest BCUT2D eigenvalue weighted by atomic mass is 19.4. The van der Waals surface area contributed by atoms with E-state index in [2.05, 4.69) is 10.6 Å². The Kier molecular flexibility index (Phi) is 9.53. The molecule has 1 aromatic carbocycles. The van der Waals surface area contributed by atoms with Crippen LogP contribution in [-0.2, 0) is 9.59 Å². The minimum atomic E-state index is -4.90. The minimum absolute atomic E-state index is 0.229. The first-order valence-electron chi connectivity index (χ1n) is 11.6. The lowest BCUT2D eigenvalue weighted by Gasteiger charge is -2.33. The Bertz CT molecular complexity index is 889. The second-order valence-corrected chi connectivity index (χ2v) is 9.38. The van der Waals surface area contributed by atoms with Crippen LogP contribution < -0.4 is 15.4 Å². The molecule has 2 unspecified atom stereocenters. The summed E-state index contributed by atoms with van der Waals surface area (Å²) in [6.07, 6.45) is -6.89.